The van der Waals surface area contributed by atoms with E-state index in [4.69, 9.17) is 4.74 Å². The predicted molar refractivity (Wildman–Crippen MR) is 79.1 cm³/mol. The Morgan fingerprint density at radius 2 is 2.10 bits per heavy atom. The van der Waals surface area contributed by atoms with E-state index in [1.54, 1.807) is 0 Å². The van der Waals surface area contributed by atoms with E-state index < -0.39 is 0 Å². The second-order valence-corrected chi connectivity index (χ2v) is 5.03. The average Bonchev–Trinajstić information content (AvgIpc) is 2.87. The number of urea groups is 1. The molecule has 6 nitrogen and oxygen atoms in total. The molecule has 1 N–H and O–H groups in total. The highest BCUT2D eigenvalue weighted by Gasteiger charge is 2.26. The van der Waals surface area contributed by atoms with Crippen LogP contribution in [0.15, 0.2) is 24.3 Å². The Labute approximate surface area is 124 Å². The van der Waals surface area contributed by atoms with Gasteiger partial charge in [-0.05, 0) is 31.7 Å². The van der Waals surface area contributed by atoms with Crippen molar-refractivity contribution in [1.82, 2.24) is 15.1 Å². The van der Waals surface area contributed by atoms with Crippen LogP contribution in [0, 0.1) is 0 Å². The summed E-state index contributed by atoms with van der Waals surface area (Å²) in [6.07, 6.45) is 0. The number of carbonyl (C=O) groups excluding carboxylic acids is 2. The number of imide groups is 1. The van der Waals surface area contributed by atoms with Crippen LogP contribution in [-0.4, -0.2) is 55.0 Å². The number of nitrogens with zero attached hydrogens (tertiary/aromatic N) is 2. The summed E-state index contributed by atoms with van der Waals surface area (Å²) in [5, 5.41) is 2.63. The molecule has 1 saturated heterocycles. The molecule has 0 aliphatic carbocycles. The van der Waals surface area contributed by atoms with E-state index in [1.165, 1.54) is 4.90 Å². The summed E-state index contributed by atoms with van der Waals surface area (Å²) in [6.45, 7) is 4.45. The summed E-state index contributed by atoms with van der Waals surface area (Å²) >= 11 is 0. The Kier molecular flexibility index (Phi) is 5.16. The van der Waals surface area contributed by atoms with Gasteiger partial charge in [-0.15, -0.1) is 0 Å². The highest BCUT2D eigenvalue weighted by molar-refractivity contribution is 5.96. The van der Waals surface area contributed by atoms with E-state index in [1.807, 2.05) is 43.1 Å². The topological polar surface area (TPSA) is 61.9 Å². The molecule has 114 valence electrons. The number of rotatable bonds is 6. The van der Waals surface area contributed by atoms with Gasteiger partial charge in [-0.2, -0.15) is 0 Å². The van der Waals surface area contributed by atoms with Gasteiger partial charge < -0.3 is 10.1 Å². The molecule has 0 spiro atoms. The summed E-state index contributed by atoms with van der Waals surface area (Å²) in [6, 6.07) is 7.50. The van der Waals surface area contributed by atoms with Crippen molar-refractivity contribution in [2.24, 2.45) is 0 Å². The summed E-state index contributed by atoms with van der Waals surface area (Å²) < 4.78 is 5.39. The Balaban J connectivity index is 1.84. The minimum absolute atomic E-state index is 0.168. The first-order chi connectivity index (χ1) is 10.1. The first kappa shape index (κ1) is 15.3. The van der Waals surface area contributed by atoms with Crippen molar-refractivity contribution >= 4 is 11.9 Å². The van der Waals surface area contributed by atoms with Crippen LogP contribution >= 0.6 is 0 Å². The van der Waals surface area contributed by atoms with Gasteiger partial charge in [-0.25, -0.2) is 4.79 Å². The lowest BCUT2D eigenvalue weighted by atomic mass is 10.2. The fourth-order valence-corrected chi connectivity index (χ4v) is 2.25. The minimum atomic E-state index is -0.297. The van der Waals surface area contributed by atoms with Crippen LogP contribution in [0.5, 0.6) is 5.75 Å². The van der Waals surface area contributed by atoms with E-state index in [0.717, 1.165) is 11.3 Å². The van der Waals surface area contributed by atoms with Gasteiger partial charge in [-0.1, -0.05) is 12.1 Å². The van der Waals surface area contributed by atoms with Crippen LogP contribution in [0.3, 0.4) is 0 Å². The second kappa shape index (κ2) is 7.08. The lowest BCUT2D eigenvalue weighted by Gasteiger charge is -2.19. The maximum absolute atomic E-state index is 12.0. The zero-order chi connectivity index (χ0) is 15.2. The Morgan fingerprint density at radius 3 is 2.67 bits per heavy atom. The van der Waals surface area contributed by atoms with Crippen molar-refractivity contribution < 1.29 is 14.3 Å². The molecule has 1 fully saturated rings. The van der Waals surface area contributed by atoms with Crippen molar-refractivity contribution in [2.75, 3.05) is 33.3 Å². The molecule has 0 unspecified atom stereocenters. The van der Waals surface area contributed by atoms with Gasteiger partial charge in [0.05, 0.1) is 13.2 Å². The molecule has 1 aromatic carbocycles. The molecule has 0 aromatic heterocycles. The highest BCUT2D eigenvalue weighted by atomic mass is 16.5. The van der Waals surface area contributed by atoms with Crippen LogP contribution in [-0.2, 0) is 11.3 Å². The normalized spacial score (nSPS) is 14.4. The Morgan fingerprint density at radius 1 is 1.38 bits per heavy atom. The minimum Gasteiger partial charge on any atom is -0.494 e. The molecule has 3 amide bonds. The highest BCUT2D eigenvalue weighted by Crippen LogP contribution is 2.13. The molecule has 0 saturated carbocycles. The number of carbonyl (C=O) groups is 2. The molecule has 1 aromatic rings. The fourth-order valence-electron chi connectivity index (χ4n) is 2.25. The number of hydrogen-bond donors (Lipinski definition) is 1. The number of ether oxygens (including phenoxy) is 1. The lowest BCUT2D eigenvalue weighted by Crippen LogP contribution is -2.40. The molecule has 2 rings (SSSR count). The smallest absolute Gasteiger partial charge is 0.324 e. The van der Waals surface area contributed by atoms with Crippen molar-refractivity contribution in [2.45, 2.75) is 13.5 Å². The standard InChI is InChI=1S/C15H21N3O3/c1-3-21-13-6-4-12(5-7-13)10-17(2)11-14(19)18-9-8-16-15(18)20/h4-7H,3,8-11H2,1-2H3,(H,16,20). The molecule has 0 radical (unpaired) electrons. The number of amides is 3. The number of hydrogen-bond acceptors (Lipinski definition) is 4. The van der Waals surface area contributed by atoms with Crippen molar-refractivity contribution in [1.29, 1.82) is 0 Å². The SMILES string of the molecule is CCOc1ccc(CN(C)CC(=O)N2CCNC2=O)cc1. The average molecular weight is 291 g/mol. The van der Waals surface area contributed by atoms with Gasteiger partial charge in [0.1, 0.15) is 5.75 Å². The number of nitrogens with one attached hydrogen (secondary N) is 1. The molecule has 0 bridgehead atoms. The molecule has 1 aliphatic heterocycles. The van der Waals surface area contributed by atoms with Crippen LogP contribution in [0.4, 0.5) is 4.79 Å². The molecular formula is C15H21N3O3. The van der Waals surface area contributed by atoms with Crippen LogP contribution in [0.25, 0.3) is 0 Å². The van der Waals surface area contributed by atoms with Crippen LogP contribution in [0.2, 0.25) is 0 Å². The zero-order valence-electron chi connectivity index (χ0n) is 12.5. The third kappa shape index (κ3) is 4.19. The number of benzene rings is 1. The molecule has 21 heavy (non-hydrogen) atoms. The van der Waals surface area contributed by atoms with Gasteiger partial charge in [0.25, 0.3) is 0 Å². The molecule has 1 heterocycles. The Hall–Kier alpha value is -2.08. The van der Waals surface area contributed by atoms with E-state index in [-0.39, 0.29) is 18.5 Å². The van der Waals surface area contributed by atoms with E-state index >= 15 is 0 Å². The second-order valence-electron chi connectivity index (χ2n) is 5.03. The largest absolute Gasteiger partial charge is 0.494 e. The fraction of sp³-hybridized carbons (Fsp3) is 0.467. The Bertz CT molecular complexity index is 501. The molecule has 6 heteroatoms. The quantitative estimate of drug-likeness (QED) is 0.851. The predicted octanol–water partition coefficient (Wildman–Crippen LogP) is 1.07. The summed E-state index contributed by atoms with van der Waals surface area (Å²) in [5.74, 6) is 0.673. The van der Waals surface area contributed by atoms with Gasteiger partial charge >= 0.3 is 6.03 Å². The van der Waals surface area contributed by atoms with Gasteiger partial charge in [0.15, 0.2) is 0 Å². The monoisotopic (exact) mass is 291 g/mol. The third-order valence-electron chi connectivity index (χ3n) is 3.25. The van der Waals surface area contributed by atoms with E-state index in [2.05, 4.69) is 5.32 Å². The lowest BCUT2D eigenvalue weighted by molar-refractivity contribution is -0.128. The summed E-state index contributed by atoms with van der Waals surface area (Å²) in [5.41, 5.74) is 1.10. The van der Waals surface area contributed by atoms with Crippen molar-refractivity contribution in [3.63, 3.8) is 0 Å². The third-order valence-corrected chi connectivity index (χ3v) is 3.25. The van der Waals surface area contributed by atoms with Crippen LogP contribution in [0.1, 0.15) is 12.5 Å². The van der Waals surface area contributed by atoms with E-state index in [0.29, 0.717) is 26.2 Å². The van der Waals surface area contributed by atoms with Gasteiger partial charge in [-0.3, -0.25) is 14.6 Å². The van der Waals surface area contributed by atoms with E-state index in [9.17, 15) is 9.59 Å². The van der Waals surface area contributed by atoms with Crippen molar-refractivity contribution in [3.8, 4) is 5.75 Å². The molecule has 0 atom stereocenters. The molecular weight excluding hydrogens is 270 g/mol. The maximum Gasteiger partial charge on any atom is 0.324 e. The maximum atomic E-state index is 12.0. The number of likely N-dealkylation sites (N-methyl/N-ethyl adjacent to an activating group) is 1. The molecule has 1 aliphatic rings. The zero-order valence-corrected chi connectivity index (χ0v) is 12.5. The van der Waals surface area contributed by atoms with Crippen molar-refractivity contribution in [3.05, 3.63) is 29.8 Å². The van der Waals surface area contributed by atoms with Gasteiger partial charge in [0, 0.05) is 19.6 Å². The van der Waals surface area contributed by atoms with Gasteiger partial charge in [0.2, 0.25) is 5.91 Å². The first-order valence-electron chi connectivity index (χ1n) is 7.08. The summed E-state index contributed by atoms with van der Waals surface area (Å²) in [7, 11) is 1.86. The first-order valence-corrected chi connectivity index (χ1v) is 7.08. The summed E-state index contributed by atoms with van der Waals surface area (Å²) in [4.78, 5) is 26.6. The van der Waals surface area contributed by atoms with Crippen LogP contribution < -0.4 is 10.1 Å².